The molecular weight excluding hydrogens is 254 g/mol. The van der Waals surface area contributed by atoms with Gasteiger partial charge < -0.3 is 19.5 Å². The highest BCUT2D eigenvalue weighted by Gasteiger charge is 2.28. The van der Waals surface area contributed by atoms with Crippen LogP contribution in [0.3, 0.4) is 0 Å². The van der Waals surface area contributed by atoms with E-state index >= 15 is 0 Å². The molecule has 0 aliphatic carbocycles. The lowest BCUT2D eigenvalue weighted by atomic mass is 10.0. The lowest BCUT2D eigenvalue weighted by Crippen LogP contribution is -2.48. The molecule has 0 aromatic heterocycles. The molecule has 0 amide bonds. The summed E-state index contributed by atoms with van der Waals surface area (Å²) in [5.74, 6) is 1.69. The average Bonchev–Trinajstić information content (AvgIpc) is 2.50. The number of hydrogen-bond acceptors (Lipinski definition) is 4. The molecular formula is C16H25NO3. The van der Waals surface area contributed by atoms with Crippen molar-refractivity contribution in [3.63, 3.8) is 0 Å². The minimum Gasteiger partial charge on any atom is -0.486 e. The van der Waals surface area contributed by atoms with Crippen molar-refractivity contribution in [2.24, 2.45) is 0 Å². The highest BCUT2D eigenvalue weighted by molar-refractivity contribution is 5.40. The molecule has 1 aliphatic rings. The first-order valence-electron chi connectivity index (χ1n) is 7.46. The minimum atomic E-state index is 0.0632. The van der Waals surface area contributed by atoms with Crippen molar-refractivity contribution >= 4 is 0 Å². The summed E-state index contributed by atoms with van der Waals surface area (Å²) in [6.45, 7) is 4.56. The van der Waals surface area contributed by atoms with E-state index in [1.165, 1.54) is 0 Å². The van der Waals surface area contributed by atoms with Crippen molar-refractivity contribution in [3.05, 3.63) is 24.3 Å². The van der Waals surface area contributed by atoms with Gasteiger partial charge in [-0.05, 0) is 37.9 Å². The highest BCUT2D eigenvalue weighted by atomic mass is 16.6. The molecule has 0 spiro atoms. The Kier molecular flexibility index (Phi) is 6.15. The largest absolute Gasteiger partial charge is 0.486 e. The van der Waals surface area contributed by atoms with Crippen LogP contribution in [0, 0.1) is 0 Å². The number of ether oxygens (including phenoxy) is 3. The molecule has 0 radical (unpaired) electrons. The zero-order valence-electron chi connectivity index (χ0n) is 12.4. The van der Waals surface area contributed by atoms with E-state index in [2.05, 4.69) is 12.2 Å². The quantitative estimate of drug-likeness (QED) is 0.743. The predicted octanol–water partition coefficient (Wildman–Crippen LogP) is 2.62. The molecule has 4 nitrogen and oxygen atoms in total. The molecule has 0 bridgehead atoms. The van der Waals surface area contributed by atoms with E-state index in [0.29, 0.717) is 12.6 Å². The molecule has 1 aromatic carbocycles. The van der Waals surface area contributed by atoms with E-state index in [1.807, 2.05) is 24.3 Å². The molecule has 1 aliphatic heterocycles. The van der Waals surface area contributed by atoms with Gasteiger partial charge in [0, 0.05) is 19.8 Å². The molecule has 0 saturated heterocycles. The zero-order chi connectivity index (χ0) is 14.2. The Balaban J connectivity index is 1.95. The first-order valence-corrected chi connectivity index (χ1v) is 7.46. The number of rotatable bonds is 8. The van der Waals surface area contributed by atoms with Gasteiger partial charge in [-0.3, -0.25) is 0 Å². The molecule has 20 heavy (non-hydrogen) atoms. The van der Waals surface area contributed by atoms with Crippen LogP contribution in [0.15, 0.2) is 24.3 Å². The molecule has 112 valence electrons. The van der Waals surface area contributed by atoms with Gasteiger partial charge in [-0.15, -0.1) is 0 Å². The van der Waals surface area contributed by atoms with Gasteiger partial charge in [0.05, 0.1) is 0 Å². The van der Waals surface area contributed by atoms with E-state index in [9.17, 15) is 0 Å². The number of para-hydroxylation sites is 2. The van der Waals surface area contributed by atoms with E-state index in [4.69, 9.17) is 14.2 Å². The van der Waals surface area contributed by atoms with Gasteiger partial charge in [-0.2, -0.15) is 0 Å². The van der Waals surface area contributed by atoms with Crippen LogP contribution in [0.5, 0.6) is 11.5 Å². The molecule has 0 fully saturated rings. The van der Waals surface area contributed by atoms with Crippen molar-refractivity contribution in [2.75, 3.05) is 26.9 Å². The SMILES string of the molecule is CCCNC(CCCOC)C1COc2ccccc2O1. The molecule has 2 rings (SSSR count). The van der Waals surface area contributed by atoms with E-state index in [-0.39, 0.29) is 6.10 Å². The first kappa shape index (κ1) is 15.1. The van der Waals surface area contributed by atoms with Gasteiger partial charge in [0.2, 0.25) is 0 Å². The Hall–Kier alpha value is -1.26. The highest BCUT2D eigenvalue weighted by Crippen LogP contribution is 2.32. The van der Waals surface area contributed by atoms with E-state index < -0.39 is 0 Å². The molecule has 4 heteroatoms. The second-order valence-corrected chi connectivity index (χ2v) is 5.11. The lowest BCUT2D eigenvalue weighted by Gasteiger charge is -2.32. The van der Waals surface area contributed by atoms with Crippen LogP contribution >= 0.6 is 0 Å². The minimum absolute atomic E-state index is 0.0632. The van der Waals surface area contributed by atoms with E-state index in [0.717, 1.165) is 43.9 Å². The van der Waals surface area contributed by atoms with Gasteiger partial charge in [0.25, 0.3) is 0 Å². The summed E-state index contributed by atoms with van der Waals surface area (Å²) in [4.78, 5) is 0. The van der Waals surface area contributed by atoms with Crippen molar-refractivity contribution in [1.29, 1.82) is 0 Å². The van der Waals surface area contributed by atoms with Crippen LogP contribution < -0.4 is 14.8 Å². The summed E-state index contributed by atoms with van der Waals surface area (Å²) in [6, 6.07) is 8.16. The summed E-state index contributed by atoms with van der Waals surface area (Å²) in [6.07, 6.45) is 3.24. The average molecular weight is 279 g/mol. The van der Waals surface area contributed by atoms with Gasteiger partial charge in [-0.25, -0.2) is 0 Å². The summed E-state index contributed by atoms with van der Waals surface area (Å²) in [5, 5.41) is 3.57. The van der Waals surface area contributed by atoms with Gasteiger partial charge in [0.15, 0.2) is 11.5 Å². The van der Waals surface area contributed by atoms with Crippen molar-refractivity contribution in [3.8, 4) is 11.5 Å². The molecule has 1 aromatic rings. The molecule has 2 atom stereocenters. The van der Waals surface area contributed by atoms with Crippen LogP contribution in [-0.2, 0) is 4.74 Å². The fourth-order valence-corrected chi connectivity index (χ4v) is 2.43. The van der Waals surface area contributed by atoms with E-state index in [1.54, 1.807) is 7.11 Å². The van der Waals surface area contributed by atoms with Crippen LogP contribution in [0.2, 0.25) is 0 Å². The predicted molar refractivity (Wildman–Crippen MR) is 79.5 cm³/mol. The van der Waals surface area contributed by atoms with Gasteiger partial charge in [-0.1, -0.05) is 19.1 Å². The summed E-state index contributed by atoms with van der Waals surface area (Å²) in [5.41, 5.74) is 0. The first-order chi connectivity index (χ1) is 9.85. The second-order valence-electron chi connectivity index (χ2n) is 5.11. The van der Waals surface area contributed by atoms with Crippen LogP contribution in [0.4, 0.5) is 0 Å². The van der Waals surface area contributed by atoms with Gasteiger partial charge >= 0.3 is 0 Å². The molecule has 1 N–H and O–H groups in total. The third-order valence-electron chi connectivity index (χ3n) is 3.50. The monoisotopic (exact) mass is 279 g/mol. The second kappa shape index (κ2) is 8.12. The fraction of sp³-hybridized carbons (Fsp3) is 0.625. The fourth-order valence-electron chi connectivity index (χ4n) is 2.43. The van der Waals surface area contributed by atoms with Crippen LogP contribution in [0.25, 0.3) is 0 Å². The normalized spacial score (nSPS) is 18.8. The zero-order valence-corrected chi connectivity index (χ0v) is 12.4. The number of fused-ring (bicyclic) bond motifs is 1. The Morgan fingerprint density at radius 3 is 2.90 bits per heavy atom. The number of benzene rings is 1. The maximum atomic E-state index is 6.09. The topological polar surface area (TPSA) is 39.7 Å². The number of nitrogens with one attached hydrogen (secondary N) is 1. The maximum absolute atomic E-state index is 6.09. The third kappa shape index (κ3) is 4.12. The summed E-state index contributed by atoms with van der Waals surface area (Å²) in [7, 11) is 1.74. The Morgan fingerprint density at radius 1 is 1.35 bits per heavy atom. The van der Waals surface area contributed by atoms with Crippen molar-refractivity contribution in [1.82, 2.24) is 5.32 Å². The molecule has 1 heterocycles. The Labute approximate surface area is 121 Å². The Morgan fingerprint density at radius 2 is 2.15 bits per heavy atom. The smallest absolute Gasteiger partial charge is 0.161 e. The Bertz CT molecular complexity index is 397. The summed E-state index contributed by atoms with van der Waals surface area (Å²) < 4.78 is 17.0. The maximum Gasteiger partial charge on any atom is 0.161 e. The standard InChI is InChI=1S/C16H25NO3/c1-3-10-17-13(7-6-11-18-2)16-12-19-14-8-4-5-9-15(14)20-16/h4-5,8-9,13,16-17H,3,6-7,10-12H2,1-2H3. The van der Waals surface area contributed by atoms with Crippen LogP contribution in [0.1, 0.15) is 26.2 Å². The molecule has 2 unspecified atom stereocenters. The van der Waals surface area contributed by atoms with Gasteiger partial charge in [0.1, 0.15) is 12.7 Å². The van der Waals surface area contributed by atoms with Crippen LogP contribution in [-0.4, -0.2) is 39.0 Å². The summed E-state index contributed by atoms with van der Waals surface area (Å²) >= 11 is 0. The number of methoxy groups -OCH3 is 1. The lowest BCUT2D eigenvalue weighted by molar-refractivity contribution is 0.0563. The van der Waals surface area contributed by atoms with Crippen molar-refractivity contribution in [2.45, 2.75) is 38.3 Å². The number of hydrogen-bond donors (Lipinski definition) is 1. The third-order valence-corrected chi connectivity index (χ3v) is 3.50. The molecule has 0 saturated carbocycles. The van der Waals surface area contributed by atoms with Crippen molar-refractivity contribution < 1.29 is 14.2 Å².